The fourth-order valence-corrected chi connectivity index (χ4v) is 34.0. The van der Waals surface area contributed by atoms with Gasteiger partial charge in [0.05, 0.1) is 45.6 Å². The monoisotopic (exact) mass is 2000 g/mol. The van der Waals surface area contributed by atoms with E-state index in [1.807, 2.05) is 96.1 Å². The predicted octanol–water partition coefficient (Wildman–Crippen LogP) is 26.7. The predicted molar refractivity (Wildman–Crippen MR) is 584 cm³/mol. The van der Waals surface area contributed by atoms with Gasteiger partial charge in [-0.15, -0.1) is 94.1 Å². The molecular formula is C100H118N12S16. The van der Waals surface area contributed by atoms with Crippen molar-refractivity contribution in [3.63, 3.8) is 0 Å². The number of aromatic nitrogens is 8. The van der Waals surface area contributed by atoms with Gasteiger partial charge in [-0.05, 0) is 265 Å². The van der Waals surface area contributed by atoms with Gasteiger partial charge in [0.1, 0.15) is 0 Å². The molecule has 0 amide bonds. The van der Waals surface area contributed by atoms with E-state index in [9.17, 15) is 0 Å². The second-order valence-corrected chi connectivity index (χ2v) is 51.3. The molecule has 0 saturated heterocycles. The summed E-state index contributed by atoms with van der Waals surface area (Å²) in [5.41, 5.74) is 18.4. The fourth-order valence-electron chi connectivity index (χ4n) is 16.8. The third-order valence-corrected chi connectivity index (χ3v) is 40.7. The van der Waals surface area contributed by atoms with Crippen molar-refractivity contribution < 1.29 is 0 Å². The van der Waals surface area contributed by atoms with Crippen LogP contribution in [-0.2, 0) is 26.2 Å². The number of rotatable bonds is 8. The van der Waals surface area contributed by atoms with E-state index in [1.54, 1.807) is 0 Å². The first-order valence-corrected chi connectivity index (χ1v) is 62.8. The first kappa shape index (κ1) is 96.3. The van der Waals surface area contributed by atoms with Gasteiger partial charge in [0, 0.05) is 254 Å². The van der Waals surface area contributed by atoms with Crippen molar-refractivity contribution in [1.29, 1.82) is 0 Å². The van der Waals surface area contributed by atoms with Crippen LogP contribution in [0.15, 0.2) is 210 Å². The molecule has 0 aliphatic carbocycles. The molecule has 16 bridgehead atoms. The van der Waals surface area contributed by atoms with E-state index in [2.05, 4.69) is 292 Å². The number of nitrogens with zero attached hydrogens (tertiary/aromatic N) is 10. The maximum absolute atomic E-state index is 6.24. The number of hydrogen-bond acceptors (Lipinski definition) is 26. The largest absolute Gasteiger partial charge is 0.354 e. The molecule has 0 radical (unpaired) electrons. The molecule has 10 aliphatic rings. The van der Waals surface area contributed by atoms with Crippen molar-refractivity contribution in [2.24, 2.45) is 0 Å². The van der Waals surface area contributed by atoms with Gasteiger partial charge >= 0.3 is 0 Å². The zero-order chi connectivity index (χ0) is 86.4. The summed E-state index contributed by atoms with van der Waals surface area (Å²) in [6.07, 6.45) is 16.8. The quantitative estimate of drug-likeness (QED) is 0.150. The molecule has 12 nitrogen and oxygen atoms in total. The van der Waals surface area contributed by atoms with Gasteiger partial charge in [-0.3, -0.25) is 39.5 Å². The number of hydrogen-bond donors (Lipinski definition) is 2. The highest BCUT2D eigenvalue weighted by molar-refractivity contribution is 8.03. The van der Waals surface area contributed by atoms with Crippen LogP contribution in [0.4, 0.5) is 0 Å². The molecule has 10 aliphatic heterocycles. The number of thioether (sulfide) groups is 16. The van der Waals surface area contributed by atoms with E-state index >= 15 is 0 Å². The van der Waals surface area contributed by atoms with Crippen LogP contribution < -0.4 is 0 Å². The molecule has 11 aromatic rings. The molecule has 128 heavy (non-hydrogen) atoms. The van der Waals surface area contributed by atoms with E-state index in [4.69, 9.17) is 29.9 Å². The molecule has 0 atom stereocenters. The first-order chi connectivity index (χ1) is 63.5. The van der Waals surface area contributed by atoms with Crippen LogP contribution in [0.25, 0.3) is 88.6 Å². The number of nitrogens with one attached hydrogen (secondary N) is 2. The van der Waals surface area contributed by atoms with Gasteiger partial charge < -0.3 is 9.97 Å². The Morgan fingerprint density at radius 2 is 0.414 bits per heavy atom. The molecule has 0 unspecified atom stereocenters. The number of fused-ring (bicyclic) bond motifs is 68. The van der Waals surface area contributed by atoms with Gasteiger partial charge in [0.25, 0.3) is 0 Å². The SMILES string of the molecule is c1ccc(CN2CCSCCCSc3ccc(c4c3-c3cc5[nH]c(cc6nc(cc7[nH]c(cc-4n3)c3c4ccc(c73)SCCCSCCN(Cc3ccccn3)CCSCCCS4)-c3c4ccc(c3-6)SCCCSCCN(Cc3ccccn3)CCSCCCS4)c3c4ccc(c53)SCCCSCCN(Cc3ccccn3)CCSCCCS4)SCCCSCC2)nc1. The van der Waals surface area contributed by atoms with E-state index in [-0.39, 0.29) is 0 Å². The summed E-state index contributed by atoms with van der Waals surface area (Å²) < 4.78 is 0. The van der Waals surface area contributed by atoms with Gasteiger partial charge in [-0.1, -0.05) is 24.3 Å². The molecule has 0 fully saturated rings. The second-order valence-electron chi connectivity index (χ2n) is 32.4. The molecule has 4 aromatic carbocycles. The zero-order valence-electron chi connectivity index (χ0n) is 73.3. The van der Waals surface area contributed by atoms with Crippen molar-refractivity contribution >= 4 is 232 Å². The highest BCUT2D eigenvalue weighted by Gasteiger charge is 2.30. The number of benzene rings is 4. The summed E-state index contributed by atoms with van der Waals surface area (Å²) in [5, 5.41) is 5.22. The van der Waals surface area contributed by atoms with Crippen molar-refractivity contribution in [3.05, 3.63) is 193 Å². The van der Waals surface area contributed by atoms with E-state index in [0.29, 0.717) is 0 Å². The van der Waals surface area contributed by atoms with Crippen LogP contribution in [0.2, 0.25) is 0 Å². The maximum Gasteiger partial charge on any atom is 0.0748 e. The van der Waals surface area contributed by atoms with Crippen molar-refractivity contribution in [2.75, 3.05) is 190 Å². The van der Waals surface area contributed by atoms with Crippen LogP contribution in [0.3, 0.4) is 0 Å². The minimum atomic E-state index is 0.900. The van der Waals surface area contributed by atoms with Crippen molar-refractivity contribution in [2.45, 2.75) is 117 Å². The lowest BCUT2D eigenvalue weighted by molar-refractivity contribution is 0.297. The molecular weight excluding hydrogens is 1880 g/mol. The van der Waals surface area contributed by atoms with Crippen LogP contribution >= 0.6 is 188 Å². The Bertz CT molecular complexity index is 4950. The van der Waals surface area contributed by atoms with Gasteiger partial charge in [-0.25, -0.2) is 9.97 Å². The molecule has 674 valence electrons. The van der Waals surface area contributed by atoms with E-state index in [1.165, 1.54) is 83.0 Å². The fraction of sp³-hybridized carbons (Fsp3) is 0.440. The maximum atomic E-state index is 6.24. The van der Waals surface area contributed by atoms with E-state index < -0.39 is 0 Å². The summed E-state index contributed by atoms with van der Waals surface area (Å²) in [6, 6.07) is 55.5. The van der Waals surface area contributed by atoms with Crippen LogP contribution in [-0.4, -0.2) is 250 Å². The Labute approximate surface area is 827 Å². The minimum Gasteiger partial charge on any atom is -0.354 e. The highest BCUT2D eigenvalue weighted by Crippen LogP contribution is 2.53. The second kappa shape index (κ2) is 52.2. The Morgan fingerprint density at radius 1 is 0.219 bits per heavy atom. The summed E-state index contributed by atoms with van der Waals surface area (Å²) in [4.78, 5) is 61.6. The van der Waals surface area contributed by atoms with Crippen molar-refractivity contribution in [3.8, 4) is 45.0 Å². The average molecular weight is 2000 g/mol. The summed E-state index contributed by atoms with van der Waals surface area (Å²) >= 11 is 33.3. The standard InChI is InChI=1S/C100H118N12S16/c1-5-29-101-73(17-1)69-109-33-57-113-41-9-49-121-85-21-22-86(122-50-10-42-114-58-34-109)94-78-66-80-96-88-24-26-90(126-54-14-46-118-62-38-111(36-60-116-44-12-52-124-88)71-75-19-3-7-31-103-75)98(96)82(107-80)68-84-100-92-28-27-91(127-55-15-47-119-63-39-112(40-64-120-48-16-56-128-92)72-76-20-4-8-32-104-76)99(100)83(108-84)67-81-97-89-25-23-87(95(97)79(106-81)65-77(105-78)93(85)94)123-51-11-43-115-59-35-110(37-61-117-45-13-53-125-89)70-74-18-2-6-30-102-74/h1-8,17-32,65-68,105,108H,9-16,33-64,69-72H2. The van der Waals surface area contributed by atoms with Crippen LogP contribution in [0, 0.1) is 0 Å². The van der Waals surface area contributed by atoms with Gasteiger partial charge in [0.2, 0.25) is 0 Å². The lowest BCUT2D eigenvalue weighted by Gasteiger charge is -2.21. The van der Waals surface area contributed by atoms with Gasteiger partial charge in [0.15, 0.2) is 0 Å². The molecule has 28 heteroatoms. The highest BCUT2D eigenvalue weighted by atomic mass is 32.2. The summed E-state index contributed by atoms with van der Waals surface area (Å²) in [5.74, 6) is 26.1. The lowest BCUT2D eigenvalue weighted by atomic mass is 10.0. The summed E-state index contributed by atoms with van der Waals surface area (Å²) in [7, 11) is 0. The first-order valence-electron chi connectivity index (χ1n) is 45.7. The third kappa shape index (κ3) is 27.5. The number of aromatic amines is 2. The molecule has 7 aromatic heterocycles. The number of H-pyrrole nitrogens is 2. The van der Waals surface area contributed by atoms with Crippen molar-refractivity contribution in [1.82, 2.24) is 59.5 Å². The normalized spacial score (nSPS) is 18.8. The topological polar surface area (TPSA) is 122 Å². The van der Waals surface area contributed by atoms with Crippen LogP contribution in [0.5, 0.6) is 0 Å². The third-order valence-electron chi connectivity index (χ3n) is 23.1. The Hall–Kier alpha value is -3.44. The molecule has 0 saturated carbocycles. The Balaban J connectivity index is 0.828. The molecule has 0 spiro atoms. The Kier molecular flexibility index (Phi) is 39.3. The smallest absolute Gasteiger partial charge is 0.0748 e. The Morgan fingerprint density at radius 3 is 0.609 bits per heavy atom. The van der Waals surface area contributed by atoms with Gasteiger partial charge in [-0.2, -0.15) is 94.1 Å². The molecule has 17 heterocycles. The molecule has 21 rings (SSSR count). The van der Waals surface area contributed by atoms with Crippen LogP contribution in [0.1, 0.15) is 74.1 Å². The number of pyridine rings is 4. The lowest BCUT2D eigenvalue weighted by Crippen LogP contribution is -2.28. The average Bonchev–Trinajstić information content (AvgIpc) is 1.57. The molecule has 2 N–H and O–H groups in total. The zero-order valence-corrected chi connectivity index (χ0v) is 86.3. The van der Waals surface area contributed by atoms with E-state index in [0.717, 1.165) is 336 Å². The summed E-state index contributed by atoms with van der Waals surface area (Å²) in [6.45, 7) is 12.2. The minimum absolute atomic E-state index is 0.900.